The summed E-state index contributed by atoms with van der Waals surface area (Å²) in [7, 11) is 0. The molecule has 1 aromatic heterocycles. The average molecular weight is 181 g/mol. The molecular weight excluding hydrogens is 166 g/mol. The molecule has 1 aromatic rings. The van der Waals surface area contributed by atoms with Crippen molar-refractivity contribution in [3.63, 3.8) is 0 Å². The molecule has 4 heteroatoms. The van der Waals surface area contributed by atoms with Gasteiger partial charge in [0.05, 0.1) is 12.3 Å². The lowest BCUT2D eigenvalue weighted by Crippen LogP contribution is -2.31. The summed E-state index contributed by atoms with van der Waals surface area (Å²) >= 11 is 0. The van der Waals surface area contributed by atoms with Crippen LogP contribution in [0.2, 0.25) is 0 Å². The van der Waals surface area contributed by atoms with Gasteiger partial charge in [0.15, 0.2) is 0 Å². The van der Waals surface area contributed by atoms with Gasteiger partial charge in [-0.15, -0.1) is 0 Å². The van der Waals surface area contributed by atoms with Crippen LogP contribution < -0.4 is 5.32 Å². The van der Waals surface area contributed by atoms with E-state index in [0.717, 1.165) is 12.1 Å². The fraction of sp³-hybridized carbons (Fsp3) is 0.556. The fourth-order valence-corrected chi connectivity index (χ4v) is 1.01. The van der Waals surface area contributed by atoms with Crippen LogP contribution in [-0.2, 0) is 6.54 Å². The van der Waals surface area contributed by atoms with E-state index in [4.69, 9.17) is 5.11 Å². The standard InChI is InChI=1S/C9H15N3O/c1-2-8(7-13)12-6-9-5-10-3-4-11-9/h3-5,8,12-13H,2,6-7H2,1H3/t8-/m0/s1. The molecule has 0 spiro atoms. The van der Waals surface area contributed by atoms with Gasteiger partial charge in [-0.3, -0.25) is 9.97 Å². The van der Waals surface area contributed by atoms with E-state index in [0.29, 0.717) is 6.54 Å². The summed E-state index contributed by atoms with van der Waals surface area (Å²) in [6, 6.07) is 0.155. The summed E-state index contributed by atoms with van der Waals surface area (Å²) in [5.41, 5.74) is 0.898. The third-order valence-electron chi connectivity index (χ3n) is 1.90. The number of aromatic nitrogens is 2. The summed E-state index contributed by atoms with van der Waals surface area (Å²) in [5.74, 6) is 0. The Bertz CT molecular complexity index is 224. The minimum atomic E-state index is 0.155. The maximum absolute atomic E-state index is 8.91. The van der Waals surface area contributed by atoms with E-state index in [2.05, 4.69) is 15.3 Å². The van der Waals surface area contributed by atoms with E-state index in [-0.39, 0.29) is 12.6 Å². The van der Waals surface area contributed by atoms with E-state index in [1.165, 1.54) is 0 Å². The molecule has 1 heterocycles. The van der Waals surface area contributed by atoms with Crippen LogP contribution in [0.3, 0.4) is 0 Å². The smallest absolute Gasteiger partial charge is 0.0724 e. The monoisotopic (exact) mass is 181 g/mol. The van der Waals surface area contributed by atoms with Crippen LogP contribution in [0.15, 0.2) is 18.6 Å². The predicted octanol–water partition coefficient (Wildman–Crippen LogP) is 0.337. The van der Waals surface area contributed by atoms with Crippen LogP contribution >= 0.6 is 0 Å². The predicted molar refractivity (Wildman–Crippen MR) is 50.0 cm³/mol. The molecule has 1 rings (SSSR count). The zero-order valence-corrected chi connectivity index (χ0v) is 7.77. The van der Waals surface area contributed by atoms with Gasteiger partial charge >= 0.3 is 0 Å². The molecule has 2 N–H and O–H groups in total. The molecule has 0 radical (unpaired) electrons. The van der Waals surface area contributed by atoms with Crippen molar-refractivity contribution in [2.24, 2.45) is 0 Å². The van der Waals surface area contributed by atoms with Crippen LogP contribution in [0.1, 0.15) is 19.0 Å². The lowest BCUT2D eigenvalue weighted by Gasteiger charge is -2.12. The molecule has 0 fully saturated rings. The number of rotatable bonds is 5. The minimum absolute atomic E-state index is 0.155. The van der Waals surface area contributed by atoms with Crippen molar-refractivity contribution in [3.8, 4) is 0 Å². The Kier molecular flexibility index (Phi) is 4.35. The average Bonchev–Trinajstić information content (AvgIpc) is 2.21. The molecule has 0 saturated carbocycles. The van der Waals surface area contributed by atoms with Gasteiger partial charge in [-0.05, 0) is 6.42 Å². The zero-order valence-electron chi connectivity index (χ0n) is 7.77. The molecule has 1 atom stereocenters. The number of hydrogen-bond acceptors (Lipinski definition) is 4. The van der Waals surface area contributed by atoms with E-state index in [9.17, 15) is 0 Å². The van der Waals surface area contributed by atoms with Gasteiger partial charge in [0.2, 0.25) is 0 Å². The first-order valence-corrected chi connectivity index (χ1v) is 4.46. The summed E-state index contributed by atoms with van der Waals surface area (Å²) in [5, 5.41) is 12.1. The second-order valence-corrected chi connectivity index (χ2v) is 2.87. The molecule has 0 aliphatic rings. The van der Waals surface area contributed by atoms with Crippen LogP contribution in [0, 0.1) is 0 Å². The zero-order chi connectivity index (χ0) is 9.52. The van der Waals surface area contributed by atoms with E-state index in [1.54, 1.807) is 18.6 Å². The molecule has 0 aliphatic heterocycles. The van der Waals surface area contributed by atoms with Gasteiger partial charge in [0.1, 0.15) is 0 Å². The van der Waals surface area contributed by atoms with Gasteiger partial charge in [-0.25, -0.2) is 0 Å². The highest BCUT2D eigenvalue weighted by Crippen LogP contribution is 1.93. The molecule has 72 valence electrons. The van der Waals surface area contributed by atoms with Crippen LogP contribution in [0.5, 0.6) is 0 Å². The number of aliphatic hydroxyl groups excluding tert-OH is 1. The lowest BCUT2D eigenvalue weighted by molar-refractivity contribution is 0.238. The number of aliphatic hydroxyl groups is 1. The number of nitrogens with one attached hydrogen (secondary N) is 1. The third kappa shape index (κ3) is 3.48. The molecule has 13 heavy (non-hydrogen) atoms. The Labute approximate surface area is 78.0 Å². The summed E-state index contributed by atoms with van der Waals surface area (Å²) < 4.78 is 0. The van der Waals surface area contributed by atoms with Crippen LogP contribution in [0.4, 0.5) is 0 Å². The third-order valence-corrected chi connectivity index (χ3v) is 1.90. The van der Waals surface area contributed by atoms with Crippen molar-refractivity contribution in [2.75, 3.05) is 6.61 Å². The second kappa shape index (κ2) is 5.61. The maximum atomic E-state index is 8.91. The van der Waals surface area contributed by atoms with Crippen molar-refractivity contribution < 1.29 is 5.11 Å². The summed E-state index contributed by atoms with van der Waals surface area (Å²) in [4.78, 5) is 8.06. The fourth-order valence-electron chi connectivity index (χ4n) is 1.01. The summed E-state index contributed by atoms with van der Waals surface area (Å²) in [6.45, 7) is 2.86. The first-order valence-electron chi connectivity index (χ1n) is 4.46. The largest absolute Gasteiger partial charge is 0.395 e. The quantitative estimate of drug-likeness (QED) is 0.687. The lowest BCUT2D eigenvalue weighted by atomic mass is 10.2. The maximum Gasteiger partial charge on any atom is 0.0724 e. The first kappa shape index (κ1) is 10.1. The Morgan fingerprint density at radius 2 is 2.38 bits per heavy atom. The molecule has 0 amide bonds. The molecule has 0 aromatic carbocycles. The van der Waals surface area contributed by atoms with Crippen molar-refractivity contribution in [3.05, 3.63) is 24.3 Å². The number of nitrogens with zero attached hydrogens (tertiary/aromatic N) is 2. The molecule has 0 aliphatic carbocycles. The Balaban J connectivity index is 2.34. The molecular formula is C9H15N3O. The highest BCUT2D eigenvalue weighted by Gasteiger charge is 2.02. The highest BCUT2D eigenvalue weighted by atomic mass is 16.3. The van der Waals surface area contributed by atoms with Crippen LogP contribution in [0.25, 0.3) is 0 Å². The van der Waals surface area contributed by atoms with Crippen molar-refractivity contribution in [1.29, 1.82) is 0 Å². The Hall–Kier alpha value is -1.00. The molecule has 0 saturated heterocycles. The van der Waals surface area contributed by atoms with E-state index < -0.39 is 0 Å². The van der Waals surface area contributed by atoms with E-state index >= 15 is 0 Å². The van der Waals surface area contributed by atoms with Crippen molar-refractivity contribution in [1.82, 2.24) is 15.3 Å². The molecule has 4 nitrogen and oxygen atoms in total. The Morgan fingerprint density at radius 1 is 1.54 bits per heavy atom. The van der Waals surface area contributed by atoms with Gasteiger partial charge in [0, 0.05) is 31.2 Å². The minimum Gasteiger partial charge on any atom is -0.395 e. The van der Waals surface area contributed by atoms with Gasteiger partial charge in [-0.1, -0.05) is 6.92 Å². The van der Waals surface area contributed by atoms with Crippen molar-refractivity contribution >= 4 is 0 Å². The van der Waals surface area contributed by atoms with Gasteiger partial charge in [0.25, 0.3) is 0 Å². The normalized spacial score (nSPS) is 12.8. The highest BCUT2D eigenvalue weighted by molar-refractivity contribution is 4.94. The summed E-state index contributed by atoms with van der Waals surface area (Å²) in [6.07, 6.45) is 5.94. The SMILES string of the molecule is CC[C@@H](CO)NCc1cnccn1. The van der Waals surface area contributed by atoms with Crippen LogP contribution in [-0.4, -0.2) is 27.7 Å². The molecule has 0 unspecified atom stereocenters. The first-order chi connectivity index (χ1) is 6.36. The number of hydrogen-bond donors (Lipinski definition) is 2. The Morgan fingerprint density at radius 3 is 2.92 bits per heavy atom. The van der Waals surface area contributed by atoms with Gasteiger partial charge < -0.3 is 10.4 Å². The molecule has 0 bridgehead atoms. The van der Waals surface area contributed by atoms with Crippen molar-refractivity contribution in [2.45, 2.75) is 25.9 Å². The van der Waals surface area contributed by atoms with Gasteiger partial charge in [-0.2, -0.15) is 0 Å². The second-order valence-electron chi connectivity index (χ2n) is 2.87. The van der Waals surface area contributed by atoms with E-state index in [1.807, 2.05) is 6.92 Å². The topological polar surface area (TPSA) is 58.0 Å².